The number of aromatic nitrogens is 1. The van der Waals surface area contributed by atoms with Crippen molar-refractivity contribution in [2.24, 2.45) is 5.92 Å². The van der Waals surface area contributed by atoms with Gasteiger partial charge in [-0.05, 0) is 48.2 Å². The molecule has 0 radical (unpaired) electrons. The van der Waals surface area contributed by atoms with E-state index < -0.39 is 12.3 Å². The Labute approximate surface area is 230 Å². The topological polar surface area (TPSA) is 43.8 Å². The zero-order chi connectivity index (χ0) is 26.7. The van der Waals surface area contributed by atoms with Crippen LogP contribution in [-0.4, -0.2) is 38.6 Å². The number of anilines is 1. The van der Waals surface area contributed by atoms with Crippen LogP contribution in [0.5, 0.6) is 5.75 Å². The van der Waals surface area contributed by atoms with E-state index in [0.29, 0.717) is 39.6 Å². The minimum atomic E-state index is -3.02. The lowest BCUT2D eigenvalue weighted by atomic mass is 9.86. The number of piperidine rings is 1. The Balaban J connectivity index is 1.34. The molecule has 2 aliphatic rings. The second-order valence-electron chi connectivity index (χ2n) is 9.71. The fourth-order valence-electron chi connectivity index (χ4n) is 5.31. The van der Waals surface area contributed by atoms with E-state index in [0.717, 1.165) is 37.2 Å². The van der Waals surface area contributed by atoms with Crippen LogP contribution in [0.2, 0.25) is 0 Å². The first kappa shape index (κ1) is 26.8. The first-order chi connectivity index (χ1) is 18.4. The smallest absolute Gasteiger partial charge is 0.278 e. The molecule has 2 aromatic carbocycles. The van der Waals surface area contributed by atoms with Crippen molar-refractivity contribution in [3.8, 4) is 5.75 Å². The molecule has 0 atom stereocenters. The minimum Gasteiger partial charge on any atom is -0.489 e. The molecule has 1 aliphatic carbocycles. The van der Waals surface area contributed by atoms with Gasteiger partial charge in [0.05, 0.1) is 17.6 Å². The van der Waals surface area contributed by atoms with E-state index in [1.165, 1.54) is 6.07 Å². The summed E-state index contributed by atoms with van der Waals surface area (Å²) in [5.41, 5.74) is 3.76. The maximum absolute atomic E-state index is 15.2. The standard InChI is InChI=1S/C30H31BrF2N2O3/c1-36-29(37-2)21-12-14-35(15-13-21)22-8-11-27(34-18-22)28-24-10-9-23(38-19-20-6-4-3-5-7-20)16-25(24)30(32,33)17-26(28)31/h3-11,16,18,21,29H,12-15,17,19H2,1-2H3. The van der Waals surface area contributed by atoms with Gasteiger partial charge in [-0.1, -0.05) is 52.3 Å². The molecule has 38 heavy (non-hydrogen) atoms. The third kappa shape index (κ3) is 5.63. The van der Waals surface area contributed by atoms with Gasteiger partial charge in [-0.25, -0.2) is 8.78 Å². The van der Waals surface area contributed by atoms with Gasteiger partial charge < -0.3 is 19.1 Å². The molecule has 200 valence electrons. The number of allylic oxidation sites excluding steroid dienone is 1. The van der Waals surface area contributed by atoms with Crippen LogP contribution in [-0.2, 0) is 22.0 Å². The third-order valence-corrected chi connectivity index (χ3v) is 7.99. The number of nitrogens with zero attached hydrogens (tertiary/aromatic N) is 2. The summed E-state index contributed by atoms with van der Waals surface area (Å²) in [6, 6.07) is 18.5. The van der Waals surface area contributed by atoms with E-state index in [9.17, 15) is 0 Å². The molecule has 1 aliphatic heterocycles. The summed E-state index contributed by atoms with van der Waals surface area (Å²) in [5.74, 6) is -2.24. The van der Waals surface area contributed by atoms with E-state index in [-0.39, 0.29) is 11.9 Å². The molecular weight excluding hydrogens is 554 g/mol. The number of rotatable bonds is 8. The molecule has 1 aromatic heterocycles. The molecular formula is C30H31BrF2N2O3. The van der Waals surface area contributed by atoms with Crippen LogP contribution < -0.4 is 9.64 Å². The normalized spacial score (nSPS) is 17.6. The monoisotopic (exact) mass is 584 g/mol. The van der Waals surface area contributed by atoms with Crippen LogP contribution in [0.4, 0.5) is 14.5 Å². The zero-order valence-electron chi connectivity index (χ0n) is 21.5. The fourth-order valence-corrected chi connectivity index (χ4v) is 6.08. The highest BCUT2D eigenvalue weighted by Crippen LogP contribution is 2.49. The molecule has 5 nitrogen and oxygen atoms in total. The van der Waals surface area contributed by atoms with E-state index in [4.69, 9.17) is 19.2 Å². The number of pyridine rings is 1. The predicted octanol–water partition coefficient (Wildman–Crippen LogP) is 7.15. The SMILES string of the molecule is COC(OC)C1CCN(c2ccc(C3=C(Br)CC(F)(F)c4cc(OCc5ccccc5)ccc43)nc2)CC1. The number of fused-ring (bicyclic) bond motifs is 1. The summed E-state index contributed by atoms with van der Waals surface area (Å²) in [6.45, 7) is 2.07. The number of benzene rings is 2. The summed E-state index contributed by atoms with van der Waals surface area (Å²) < 4.78 is 47.5. The maximum Gasteiger partial charge on any atom is 0.278 e. The largest absolute Gasteiger partial charge is 0.489 e. The number of methoxy groups -OCH3 is 2. The quantitative estimate of drug-likeness (QED) is 0.263. The average Bonchev–Trinajstić information content (AvgIpc) is 2.94. The average molecular weight is 585 g/mol. The number of ether oxygens (including phenoxy) is 3. The molecule has 8 heteroatoms. The Kier molecular flexibility index (Phi) is 8.12. The second kappa shape index (κ2) is 11.5. The molecule has 3 aromatic rings. The highest BCUT2D eigenvalue weighted by Gasteiger charge is 2.41. The minimum absolute atomic E-state index is 0.0416. The number of halogens is 3. The van der Waals surface area contributed by atoms with Crippen molar-refractivity contribution in [3.05, 3.63) is 93.7 Å². The lowest BCUT2D eigenvalue weighted by Crippen LogP contribution is -2.39. The van der Waals surface area contributed by atoms with Crippen molar-refractivity contribution < 1.29 is 23.0 Å². The summed E-state index contributed by atoms with van der Waals surface area (Å²) >= 11 is 3.44. The Morgan fingerprint density at radius 3 is 2.42 bits per heavy atom. The van der Waals surface area contributed by atoms with Gasteiger partial charge in [0.2, 0.25) is 0 Å². The van der Waals surface area contributed by atoms with Crippen LogP contribution in [0.1, 0.15) is 41.6 Å². The molecule has 0 bridgehead atoms. The van der Waals surface area contributed by atoms with Gasteiger partial charge in [-0.2, -0.15) is 0 Å². The highest BCUT2D eigenvalue weighted by atomic mass is 79.9. The van der Waals surface area contributed by atoms with Crippen molar-refractivity contribution in [1.29, 1.82) is 0 Å². The highest BCUT2D eigenvalue weighted by molar-refractivity contribution is 9.11. The first-order valence-corrected chi connectivity index (χ1v) is 13.5. The van der Waals surface area contributed by atoms with Crippen molar-refractivity contribution in [2.45, 2.75) is 38.1 Å². The molecule has 0 N–H and O–H groups in total. The summed E-state index contributed by atoms with van der Waals surface area (Å²) in [5, 5.41) is 0. The van der Waals surface area contributed by atoms with Gasteiger partial charge in [0.15, 0.2) is 6.29 Å². The van der Waals surface area contributed by atoms with Crippen molar-refractivity contribution in [3.63, 3.8) is 0 Å². The third-order valence-electron chi connectivity index (χ3n) is 7.31. The van der Waals surface area contributed by atoms with Gasteiger partial charge in [0, 0.05) is 55.3 Å². The molecule has 1 saturated heterocycles. The number of hydrogen-bond donors (Lipinski definition) is 0. The van der Waals surface area contributed by atoms with E-state index in [2.05, 4.69) is 20.8 Å². The van der Waals surface area contributed by atoms with E-state index in [1.807, 2.05) is 48.7 Å². The lowest BCUT2D eigenvalue weighted by molar-refractivity contribution is -0.141. The second-order valence-corrected chi connectivity index (χ2v) is 10.7. The Bertz CT molecular complexity index is 1270. The van der Waals surface area contributed by atoms with Gasteiger partial charge in [-0.15, -0.1) is 0 Å². The molecule has 0 unspecified atom stereocenters. The Morgan fingerprint density at radius 2 is 1.76 bits per heavy atom. The van der Waals surface area contributed by atoms with Gasteiger partial charge >= 0.3 is 0 Å². The van der Waals surface area contributed by atoms with Crippen LogP contribution in [0.25, 0.3) is 5.57 Å². The van der Waals surface area contributed by atoms with Crippen molar-refractivity contribution in [1.82, 2.24) is 4.98 Å². The van der Waals surface area contributed by atoms with Crippen LogP contribution in [0, 0.1) is 5.92 Å². The zero-order valence-corrected chi connectivity index (χ0v) is 23.1. The molecule has 0 spiro atoms. The van der Waals surface area contributed by atoms with Crippen LogP contribution >= 0.6 is 15.9 Å². The van der Waals surface area contributed by atoms with Gasteiger partial charge in [-0.3, -0.25) is 4.98 Å². The predicted molar refractivity (Wildman–Crippen MR) is 148 cm³/mol. The fraction of sp³-hybridized carbons (Fsp3) is 0.367. The summed E-state index contributed by atoms with van der Waals surface area (Å²) in [7, 11) is 3.35. The Hall–Kier alpha value is -2.81. The molecule has 5 rings (SSSR count). The molecule has 0 amide bonds. The lowest BCUT2D eigenvalue weighted by Gasteiger charge is -2.36. The first-order valence-electron chi connectivity index (χ1n) is 12.7. The number of hydrogen-bond acceptors (Lipinski definition) is 5. The molecule has 0 saturated carbocycles. The van der Waals surface area contributed by atoms with Crippen LogP contribution in [0.15, 0.2) is 71.3 Å². The van der Waals surface area contributed by atoms with Gasteiger partial charge in [0.25, 0.3) is 5.92 Å². The van der Waals surface area contributed by atoms with E-state index >= 15 is 8.78 Å². The van der Waals surface area contributed by atoms with Crippen molar-refractivity contribution in [2.75, 3.05) is 32.2 Å². The number of alkyl halides is 2. The van der Waals surface area contributed by atoms with E-state index in [1.54, 1.807) is 26.4 Å². The van der Waals surface area contributed by atoms with Crippen LogP contribution in [0.3, 0.4) is 0 Å². The molecule has 2 heterocycles. The molecule has 1 fully saturated rings. The Morgan fingerprint density at radius 1 is 1.03 bits per heavy atom. The van der Waals surface area contributed by atoms with Crippen molar-refractivity contribution >= 4 is 27.2 Å². The maximum atomic E-state index is 15.2. The summed E-state index contributed by atoms with van der Waals surface area (Å²) in [4.78, 5) is 6.99. The summed E-state index contributed by atoms with van der Waals surface area (Å²) in [6.07, 6.45) is 3.14. The van der Waals surface area contributed by atoms with Gasteiger partial charge in [0.1, 0.15) is 12.4 Å².